The maximum Gasteiger partial charge on any atom is 0.0819 e. The summed E-state index contributed by atoms with van der Waals surface area (Å²) in [5, 5.41) is 0. The molecule has 1 aromatic heterocycles. The van der Waals surface area contributed by atoms with E-state index in [1.807, 2.05) is 18.5 Å². The third kappa shape index (κ3) is 4.79. The van der Waals surface area contributed by atoms with Gasteiger partial charge in [-0.25, -0.2) is 9.98 Å². The van der Waals surface area contributed by atoms with Gasteiger partial charge in [0, 0.05) is 46.5 Å². The normalized spacial score (nSPS) is 17.9. The first-order valence-electron chi connectivity index (χ1n) is 18.6. The van der Waals surface area contributed by atoms with Crippen LogP contribution in [0.15, 0.2) is 198 Å². The maximum absolute atomic E-state index is 5.50. The number of nitrogens with zero attached hydrogens (tertiary/aromatic N) is 3. The molecule has 3 aliphatic rings. The quantitative estimate of drug-likeness (QED) is 0.181. The molecule has 2 unspecified atom stereocenters. The molecule has 0 N–H and O–H groups in total. The molecule has 0 saturated heterocycles. The molecule has 54 heavy (non-hydrogen) atoms. The van der Waals surface area contributed by atoms with E-state index in [1.165, 1.54) is 55.6 Å². The summed E-state index contributed by atoms with van der Waals surface area (Å²) in [4.78, 5) is 15.6. The molecule has 0 saturated carbocycles. The van der Waals surface area contributed by atoms with Gasteiger partial charge in [-0.1, -0.05) is 152 Å². The van der Waals surface area contributed by atoms with Crippen molar-refractivity contribution in [1.82, 2.24) is 4.98 Å². The Kier molecular flexibility index (Phi) is 6.99. The highest BCUT2D eigenvalue weighted by atomic mass is 14.8. The number of rotatable bonds is 4. The topological polar surface area (TPSA) is 37.6 Å². The molecule has 0 radical (unpaired) electrons. The Bertz CT molecular complexity index is 2640. The number of benzene rings is 7. The van der Waals surface area contributed by atoms with Crippen LogP contribution in [0.1, 0.15) is 67.5 Å². The molecule has 1 aliphatic heterocycles. The number of fused-ring (bicyclic) bond motifs is 8. The van der Waals surface area contributed by atoms with Gasteiger partial charge in [0.15, 0.2) is 0 Å². The van der Waals surface area contributed by atoms with Gasteiger partial charge < -0.3 is 0 Å². The van der Waals surface area contributed by atoms with Crippen LogP contribution in [-0.2, 0) is 0 Å². The molecule has 0 fully saturated rings. The third-order valence-electron chi connectivity index (χ3n) is 11.3. The Morgan fingerprint density at radius 3 is 1.35 bits per heavy atom. The van der Waals surface area contributed by atoms with Crippen molar-refractivity contribution in [3.8, 4) is 22.3 Å². The van der Waals surface area contributed by atoms with Gasteiger partial charge in [0.2, 0.25) is 0 Å². The van der Waals surface area contributed by atoms with Crippen molar-refractivity contribution in [1.29, 1.82) is 0 Å². The van der Waals surface area contributed by atoms with E-state index in [0.29, 0.717) is 0 Å². The van der Waals surface area contributed by atoms with Crippen molar-refractivity contribution in [2.24, 2.45) is 9.98 Å². The van der Waals surface area contributed by atoms with Crippen LogP contribution in [0.3, 0.4) is 0 Å². The second kappa shape index (κ2) is 12.3. The summed E-state index contributed by atoms with van der Waals surface area (Å²) in [6.45, 7) is 0. The van der Waals surface area contributed by atoms with Crippen LogP contribution in [0.25, 0.3) is 22.3 Å². The molecule has 0 spiro atoms. The number of aromatic nitrogens is 1. The Morgan fingerprint density at radius 1 is 0.333 bits per heavy atom. The van der Waals surface area contributed by atoms with Crippen LogP contribution in [0.5, 0.6) is 0 Å². The van der Waals surface area contributed by atoms with E-state index in [4.69, 9.17) is 9.98 Å². The van der Waals surface area contributed by atoms with Gasteiger partial charge in [0.05, 0.1) is 22.8 Å². The van der Waals surface area contributed by atoms with Gasteiger partial charge in [-0.05, 0) is 79.9 Å². The van der Waals surface area contributed by atoms with Crippen LogP contribution < -0.4 is 0 Å². The minimum atomic E-state index is 0.190. The molecular formula is C51H33N3. The number of hydrogen-bond acceptors (Lipinski definition) is 3. The van der Waals surface area contributed by atoms with Gasteiger partial charge in [-0.2, -0.15) is 0 Å². The minimum absolute atomic E-state index is 0.190. The number of aliphatic imine (C=N–C) groups is 2. The Morgan fingerprint density at radius 2 is 0.778 bits per heavy atom. The van der Waals surface area contributed by atoms with Crippen LogP contribution >= 0.6 is 0 Å². The lowest BCUT2D eigenvalue weighted by atomic mass is 9.88. The van der Waals surface area contributed by atoms with Crippen molar-refractivity contribution >= 4 is 22.8 Å². The summed E-state index contributed by atoms with van der Waals surface area (Å²) in [6.07, 6.45) is 3.75. The fraction of sp³-hybridized carbons (Fsp3) is 0.0392. The first kappa shape index (κ1) is 30.6. The molecule has 2 heterocycles. The zero-order valence-corrected chi connectivity index (χ0v) is 29.4. The largest absolute Gasteiger partial charge is 0.264 e. The van der Waals surface area contributed by atoms with E-state index in [2.05, 4.69) is 175 Å². The molecule has 0 amide bonds. The van der Waals surface area contributed by atoms with E-state index in [1.54, 1.807) is 0 Å². The number of para-hydroxylation sites is 1. The fourth-order valence-corrected chi connectivity index (χ4v) is 8.95. The Labute approximate surface area is 314 Å². The molecule has 2 aliphatic carbocycles. The molecule has 8 aromatic rings. The van der Waals surface area contributed by atoms with E-state index in [9.17, 15) is 0 Å². The zero-order valence-electron chi connectivity index (χ0n) is 29.4. The highest BCUT2D eigenvalue weighted by Gasteiger charge is 2.32. The second-order valence-corrected chi connectivity index (χ2v) is 14.3. The van der Waals surface area contributed by atoms with Gasteiger partial charge in [0.1, 0.15) is 0 Å². The van der Waals surface area contributed by atoms with Crippen LogP contribution in [0.4, 0.5) is 11.4 Å². The smallest absolute Gasteiger partial charge is 0.0819 e. The molecule has 0 bridgehead atoms. The maximum atomic E-state index is 5.50. The van der Waals surface area contributed by atoms with Crippen LogP contribution in [0, 0.1) is 0 Å². The van der Waals surface area contributed by atoms with Gasteiger partial charge in [-0.15, -0.1) is 0 Å². The molecule has 3 heteroatoms. The number of pyridine rings is 1. The first-order chi connectivity index (χ1) is 26.8. The highest BCUT2D eigenvalue weighted by Crippen LogP contribution is 2.50. The van der Waals surface area contributed by atoms with Crippen LogP contribution in [0.2, 0.25) is 0 Å². The molecule has 252 valence electrons. The van der Waals surface area contributed by atoms with Crippen molar-refractivity contribution in [3.05, 3.63) is 244 Å². The Balaban J connectivity index is 1.06. The van der Waals surface area contributed by atoms with Gasteiger partial charge in [0.25, 0.3) is 0 Å². The molecule has 2 atom stereocenters. The van der Waals surface area contributed by atoms with E-state index in [0.717, 1.165) is 45.1 Å². The molecule has 7 aromatic carbocycles. The van der Waals surface area contributed by atoms with Gasteiger partial charge >= 0.3 is 0 Å². The molecule has 11 rings (SSSR count). The van der Waals surface area contributed by atoms with E-state index < -0.39 is 0 Å². The summed E-state index contributed by atoms with van der Waals surface area (Å²) in [5.41, 5.74) is 20.5. The second-order valence-electron chi connectivity index (χ2n) is 14.3. The van der Waals surface area contributed by atoms with E-state index >= 15 is 0 Å². The van der Waals surface area contributed by atoms with E-state index in [-0.39, 0.29) is 11.8 Å². The Hall–Kier alpha value is -6.97. The summed E-state index contributed by atoms with van der Waals surface area (Å²) < 4.78 is 0. The summed E-state index contributed by atoms with van der Waals surface area (Å²) in [6, 6.07) is 63.4. The van der Waals surface area contributed by atoms with Gasteiger partial charge in [-0.3, -0.25) is 4.98 Å². The average molecular weight is 688 g/mol. The molecular weight excluding hydrogens is 655 g/mol. The standard InChI is InChI=1S/C51H33N3/c1-3-13-32(14-4-1)48-38-19-9-7-17-36(38)43-29-34(23-25-40(43)48)50-42-21-11-12-22-46(42)53-51(45-31-52-28-27-47(45)54-50)35-24-26-41-44(30-35)37-18-8-10-20-39(37)49(41)33-15-5-2-6-16-33/h1-31,48-49H/b50-42?,51-45?,53-46?,53-51-,54-47?,54-50-. The molecule has 3 nitrogen and oxygen atoms in total. The third-order valence-corrected chi connectivity index (χ3v) is 11.3. The fourth-order valence-electron chi connectivity index (χ4n) is 8.95. The monoisotopic (exact) mass is 687 g/mol. The first-order valence-corrected chi connectivity index (χ1v) is 18.6. The van der Waals surface area contributed by atoms with Crippen molar-refractivity contribution in [2.45, 2.75) is 11.8 Å². The summed E-state index contributed by atoms with van der Waals surface area (Å²) in [7, 11) is 0. The predicted octanol–water partition coefficient (Wildman–Crippen LogP) is 12.1. The SMILES string of the molecule is c1ccc(C2c3ccccc3-c3cc(/C4=N/c5ccncc5/C(c5ccc6c(c5)-c5ccccc5C6c5ccccc5)=N\c5ccccc54)ccc32)cc1. The zero-order chi connectivity index (χ0) is 35.6. The predicted molar refractivity (Wildman–Crippen MR) is 220 cm³/mol. The number of hydrogen-bond donors (Lipinski definition) is 0. The lowest BCUT2D eigenvalue weighted by molar-refractivity contribution is 1.01. The van der Waals surface area contributed by atoms with Crippen LogP contribution in [-0.4, -0.2) is 16.4 Å². The lowest BCUT2D eigenvalue weighted by Crippen LogP contribution is -2.11. The summed E-state index contributed by atoms with van der Waals surface area (Å²) in [5.74, 6) is 0.383. The van der Waals surface area contributed by atoms with Crippen molar-refractivity contribution < 1.29 is 0 Å². The van der Waals surface area contributed by atoms with Crippen molar-refractivity contribution in [3.63, 3.8) is 0 Å². The highest BCUT2D eigenvalue weighted by molar-refractivity contribution is 6.23. The average Bonchev–Trinajstić information content (AvgIpc) is 3.74. The summed E-state index contributed by atoms with van der Waals surface area (Å²) >= 11 is 0. The van der Waals surface area contributed by atoms with Crippen molar-refractivity contribution in [2.75, 3.05) is 0 Å². The lowest BCUT2D eigenvalue weighted by Gasteiger charge is -2.19. The minimum Gasteiger partial charge on any atom is -0.264 e.